The van der Waals surface area contributed by atoms with E-state index in [4.69, 9.17) is 14.2 Å². The lowest BCUT2D eigenvalue weighted by atomic mass is 10.1. The molecule has 0 saturated carbocycles. The summed E-state index contributed by atoms with van der Waals surface area (Å²) in [5, 5.41) is 2.67. The van der Waals surface area contributed by atoms with E-state index in [2.05, 4.69) is 10.3 Å². The molecule has 0 radical (unpaired) electrons. The molecule has 39 heavy (non-hydrogen) atoms. The molecular weight excluding hydrogens is 504 g/mol. The van der Waals surface area contributed by atoms with E-state index in [0.29, 0.717) is 17.9 Å². The number of nitrogens with one attached hydrogen (secondary N) is 1. The summed E-state index contributed by atoms with van der Waals surface area (Å²) < 4.78 is 17.9. The number of para-hydroxylation sites is 1. The van der Waals surface area contributed by atoms with Crippen molar-refractivity contribution in [2.24, 2.45) is 0 Å². The van der Waals surface area contributed by atoms with Gasteiger partial charge < -0.3 is 19.5 Å². The van der Waals surface area contributed by atoms with E-state index in [-0.39, 0.29) is 35.4 Å². The number of esters is 1. The Morgan fingerprint density at radius 3 is 2.46 bits per heavy atom. The van der Waals surface area contributed by atoms with Crippen LogP contribution in [0.15, 0.2) is 70.4 Å². The van der Waals surface area contributed by atoms with Crippen molar-refractivity contribution in [3.05, 3.63) is 92.8 Å². The summed E-state index contributed by atoms with van der Waals surface area (Å²) in [6, 6.07) is 14.9. The molecule has 2 aromatic carbocycles. The van der Waals surface area contributed by atoms with Crippen LogP contribution in [0.25, 0.3) is 11.0 Å². The number of benzene rings is 2. The highest BCUT2D eigenvalue weighted by Crippen LogP contribution is 2.27. The van der Waals surface area contributed by atoms with Gasteiger partial charge in [-0.3, -0.25) is 18.7 Å². The van der Waals surface area contributed by atoms with Gasteiger partial charge in [-0.25, -0.2) is 14.6 Å². The van der Waals surface area contributed by atoms with Crippen LogP contribution in [0.4, 0.5) is 5.69 Å². The number of methoxy groups -OCH3 is 2. The number of aryl methyl sites for hydroxylation is 1. The van der Waals surface area contributed by atoms with Crippen LogP contribution < -0.4 is 26.0 Å². The molecule has 0 aliphatic heterocycles. The Morgan fingerprint density at radius 1 is 0.949 bits per heavy atom. The zero-order chi connectivity index (χ0) is 27.9. The predicted octanol–water partition coefficient (Wildman–Crippen LogP) is 2.63. The first-order chi connectivity index (χ1) is 18.9. The zero-order valence-electron chi connectivity index (χ0n) is 21.8. The van der Waals surface area contributed by atoms with Crippen molar-refractivity contribution < 1.29 is 23.8 Å². The van der Waals surface area contributed by atoms with E-state index in [1.165, 1.54) is 31.0 Å². The minimum absolute atomic E-state index is 0.0486. The molecular formula is C28H28N4O7. The molecule has 0 fully saturated rings. The van der Waals surface area contributed by atoms with Crippen molar-refractivity contribution in [2.45, 2.75) is 26.4 Å². The van der Waals surface area contributed by atoms with Gasteiger partial charge >= 0.3 is 11.7 Å². The first-order valence-corrected chi connectivity index (χ1v) is 12.2. The molecule has 1 amide bonds. The summed E-state index contributed by atoms with van der Waals surface area (Å²) in [6.45, 7) is 1.51. The number of nitrogens with zero attached hydrogens (tertiary/aromatic N) is 3. The van der Waals surface area contributed by atoms with Crippen LogP contribution in [0.2, 0.25) is 0 Å². The van der Waals surface area contributed by atoms with Crippen LogP contribution in [0.5, 0.6) is 11.5 Å². The molecule has 0 spiro atoms. The van der Waals surface area contributed by atoms with E-state index in [0.717, 1.165) is 10.1 Å². The number of aromatic nitrogens is 3. The summed E-state index contributed by atoms with van der Waals surface area (Å²) in [4.78, 5) is 56.2. The van der Waals surface area contributed by atoms with Crippen molar-refractivity contribution in [3.8, 4) is 11.5 Å². The summed E-state index contributed by atoms with van der Waals surface area (Å²) >= 11 is 0. The summed E-state index contributed by atoms with van der Waals surface area (Å²) in [5.74, 6) is -0.0565. The van der Waals surface area contributed by atoms with Gasteiger partial charge in [0.25, 0.3) is 5.56 Å². The lowest BCUT2D eigenvalue weighted by Gasteiger charge is -2.15. The monoisotopic (exact) mass is 532 g/mol. The van der Waals surface area contributed by atoms with Gasteiger partial charge in [-0.1, -0.05) is 18.2 Å². The number of ether oxygens (including phenoxy) is 3. The molecule has 0 unspecified atom stereocenters. The Labute approximate surface area is 223 Å². The standard InChI is InChI=1S/C28H28N4O7/c1-4-39-27(35)19-8-5-6-9-20(19)30-24(33)17-32-21-10-7-14-29-25(21)26(34)31(28(32)36)15-13-18-11-12-22(37-2)23(16-18)38-3/h5-12,14,16H,4,13,15,17H2,1-3H3,(H,30,33). The van der Waals surface area contributed by atoms with Gasteiger partial charge in [-0.05, 0) is 55.3 Å². The minimum atomic E-state index is -0.658. The van der Waals surface area contributed by atoms with Crippen molar-refractivity contribution in [1.82, 2.24) is 14.1 Å². The first kappa shape index (κ1) is 27.1. The maximum absolute atomic E-state index is 13.5. The maximum atomic E-state index is 13.5. The lowest BCUT2D eigenvalue weighted by Crippen LogP contribution is -2.42. The number of carbonyl (C=O) groups excluding carboxylic acids is 2. The number of amides is 1. The van der Waals surface area contributed by atoms with Gasteiger partial charge in [0.2, 0.25) is 5.91 Å². The van der Waals surface area contributed by atoms with Gasteiger partial charge in [0.15, 0.2) is 17.0 Å². The van der Waals surface area contributed by atoms with Gasteiger partial charge in [0, 0.05) is 12.7 Å². The van der Waals surface area contributed by atoms with E-state index in [9.17, 15) is 19.2 Å². The van der Waals surface area contributed by atoms with E-state index < -0.39 is 29.7 Å². The molecule has 11 nitrogen and oxygen atoms in total. The highest BCUT2D eigenvalue weighted by Gasteiger charge is 2.18. The van der Waals surface area contributed by atoms with Crippen molar-refractivity contribution in [2.75, 3.05) is 26.1 Å². The molecule has 0 aliphatic rings. The number of anilines is 1. The van der Waals surface area contributed by atoms with Gasteiger partial charge in [0.05, 0.1) is 37.6 Å². The van der Waals surface area contributed by atoms with Crippen molar-refractivity contribution >= 4 is 28.6 Å². The molecule has 2 heterocycles. The van der Waals surface area contributed by atoms with Gasteiger partial charge in [-0.15, -0.1) is 0 Å². The summed E-state index contributed by atoms with van der Waals surface area (Å²) in [6.07, 6.45) is 1.79. The van der Waals surface area contributed by atoms with Crippen LogP contribution in [0.1, 0.15) is 22.8 Å². The average Bonchev–Trinajstić information content (AvgIpc) is 2.95. The highest BCUT2D eigenvalue weighted by atomic mass is 16.5. The SMILES string of the molecule is CCOC(=O)c1ccccc1NC(=O)Cn1c(=O)n(CCc2ccc(OC)c(OC)c2)c(=O)c2ncccc21. The molecule has 202 valence electrons. The van der Waals surface area contributed by atoms with Crippen LogP contribution in [0, 0.1) is 0 Å². The van der Waals surface area contributed by atoms with Crippen LogP contribution in [0.3, 0.4) is 0 Å². The fourth-order valence-corrected chi connectivity index (χ4v) is 4.18. The second-order valence-electron chi connectivity index (χ2n) is 8.45. The number of fused-ring (bicyclic) bond motifs is 1. The second kappa shape index (κ2) is 12.1. The minimum Gasteiger partial charge on any atom is -0.493 e. The third kappa shape index (κ3) is 5.82. The van der Waals surface area contributed by atoms with Crippen LogP contribution in [-0.4, -0.2) is 46.8 Å². The van der Waals surface area contributed by atoms with E-state index >= 15 is 0 Å². The maximum Gasteiger partial charge on any atom is 0.340 e. The third-order valence-electron chi connectivity index (χ3n) is 6.06. The van der Waals surface area contributed by atoms with Gasteiger partial charge in [-0.2, -0.15) is 0 Å². The van der Waals surface area contributed by atoms with Gasteiger partial charge in [0.1, 0.15) is 6.54 Å². The summed E-state index contributed by atoms with van der Waals surface area (Å²) in [7, 11) is 3.06. The molecule has 4 rings (SSSR count). The molecule has 2 aromatic heterocycles. The molecule has 11 heteroatoms. The number of pyridine rings is 1. The topological polar surface area (TPSA) is 131 Å². The fourth-order valence-electron chi connectivity index (χ4n) is 4.18. The Bertz CT molecular complexity index is 1640. The first-order valence-electron chi connectivity index (χ1n) is 12.2. The Morgan fingerprint density at radius 2 is 1.72 bits per heavy atom. The quantitative estimate of drug-likeness (QED) is 0.309. The number of rotatable bonds is 10. The fraction of sp³-hybridized carbons (Fsp3) is 0.250. The second-order valence-corrected chi connectivity index (χ2v) is 8.45. The molecule has 0 saturated heterocycles. The highest BCUT2D eigenvalue weighted by molar-refractivity contribution is 6.01. The van der Waals surface area contributed by atoms with Crippen LogP contribution >= 0.6 is 0 Å². The Balaban J connectivity index is 1.65. The Kier molecular flexibility index (Phi) is 8.40. The number of hydrogen-bond acceptors (Lipinski definition) is 8. The smallest absolute Gasteiger partial charge is 0.340 e. The normalized spacial score (nSPS) is 10.7. The summed E-state index contributed by atoms with van der Waals surface area (Å²) in [5.41, 5.74) is 0.327. The van der Waals surface area contributed by atoms with Crippen molar-refractivity contribution in [1.29, 1.82) is 0 Å². The molecule has 0 bridgehead atoms. The van der Waals surface area contributed by atoms with E-state index in [1.54, 1.807) is 49.4 Å². The predicted molar refractivity (Wildman–Crippen MR) is 145 cm³/mol. The third-order valence-corrected chi connectivity index (χ3v) is 6.06. The Hall–Kier alpha value is -4.93. The lowest BCUT2D eigenvalue weighted by molar-refractivity contribution is -0.116. The molecule has 0 aliphatic carbocycles. The van der Waals surface area contributed by atoms with Crippen LogP contribution in [-0.2, 0) is 29.0 Å². The largest absolute Gasteiger partial charge is 0.493 e. The molecule has 4 aromatic rings. The number of hydrogen-bond donors (Lipinski definition) is 1. The zero-order valence-corrected chi connectivity index (χ0v) is 21.8. The molecule has 0 atom stereocenters. The van der Waals surface area contributed by atoms with Crippen molar-refractivity contribution in [3.63, 3.8) is 0 Å². The number of carbonyl (C=O) groups is 2. The average molecular weight is 533 g/mol. The molecule has 1 N–H and O–H groups in total. The van der Waals surface area contributed by atoms with E-state index in [1.807, 2.05) is 6.07 Å².